The first kappa shape index (κ1) is 11.7. The number of hydrogen-bond donors (Lipinski definition) is 1. The highest BCUT2D eigenvalue weighted by molar-refractivity contribution is 5.75. The van der Waals surface area contributed by atoms with Crippen molar-refractivity contribution in [2.75, 3.05) is 32.8 Å². The van der Waals surface area contributed by atoms with Crippen LogP contribution >= 0.6 is 0 Å². The molecule has 0 aromatic carbocycles. The summed E-state index contributed by atoms with van der Waals surface area (Å²) in [5.74, 6) is -6.60. The Morgan fingerprint density at radius 3 is 2.62 bits per heavy atom. The molecular formula is C9H13F2NO4. The van der Waals surface area contributed by atoms with Crippen molar-refractivity contribution < 1.29 is 28.2 Å². The number of rotatable bonds is 3. The lowest BCUT2D eigenvalue weighted by Gasteiger charge is -2.23. The number of halogens is 2. The predicted molar refractivity (Wildman–Crippen MR) is 48.3 cm³/mol. The Kier molecular flexibility index (Phi) is 2.85. The molecule has 2 aliphatic heterocycles. The van der Waals surface area contributed by atoms with Crippen LogP contribution in [0.4, 0.5) is 8.78 Å². The first-order valence-corrected chi connectivity index (χ1v) is 5.05. The van der Waals surface area contributed by atoms with Crippen LogP contribution in [0, 0.1) is 0 Å². The average molecular weight is 237 g/mol. The van der Waals surface area contributed by atoms with Gasteiger partial charge in [-0.25, -0.2) is 4.79 Å². The predicted octanol–water partition coefficient (Wildman–Crippen LogP) is 0.155. The molecule has 2 aliphatic rings. The monoisotopic (exact) mass is 237 g/mol. The summed E-state index contributed by atoms with van der Waals surface area (Å²) in [6.07, 6.45) is 0.503. The number of aliphatic carboxylic acids is 1. The Morgan fingerprint density at radius 2 is 2.06 bits per heavy atom. The summed E-state index contributed by atoms with van der Waals surface area (Å²) in [6.45, 7) is 0.696. The fraction of sp³-hybridized carbons (Fsp3) is 0.889. The van der Waals surface area contributed by atoms with E-state index in [2.05, 4.69) is 0 Å². The van der Waals surface area contributed by atoms with E-state index in [9.17, 15) is 13.6 Å². The van der Waals surface area contributed by atoms with E-state index >= 15 is 0 Å². The van der Waals surface area contributed by atoms with Gasteiger partial charge in [0.15, 0.2) is 5.79 Å². The maximum atomic E-state index is 13.0. The molecule has 92 valence electrons. The van der Waals surface area contributed by atoms with Gasteiger partial charge in [0.05, 0.1) is 26.3 Å². The molecule has 1 N–H and O–H groups in total. The molecule has 0 bridgehead atoms. The van der Waals surface area contributed by atoms with Gasteiger partial charge in [0, 0.05) is 13.0 Å². The summed E-state index contributed by atoms with van der Waals surface area (Å²) < 4.78 is 36.6. The molecule has 0 aliphatic carbocycles. The van der Waals surface area contributed by atoms with E-state index in [-0.39, 0.29) is 6.54 Å². The minimum Gasteiger partial charge on any atom is -0.477 e. The molecule has 0 aromatic heterocycles. The van der Waals surface area contributed by atoms with Gasteiger partial charge in [-0.15, -0.1) is 0 Å². The van der Waals surface area contributed by atoms with E-state index in [1.54, 1.807) is 0 Å². The Balaban J connectivity index is 1.92. The van der Waals surface area contributed by atoms with Gasteiger partial charge in [-0.1, -0.05) is 0 Å². The number of carboxylic acid groups (broad SMARTS) is 1. The van der Waals surface area contributed by atoms with Crippen LogP contribution in [0.1, 0.15) is 6.42 Å². The topological polar surface area (TPSA) is 59.0 Å². The average Bonchev–Trinajstić information content (AvgIpc) is 2.77. The van der Waals surface area contributed by atoms with Crippen molar-refractivity contribution in [1.82, 2.24) is 4.90 Å². The zero-order valence-corrected chi connectivity index (χ0v) is 8.62. The number of alkyl halides is 2. The maximum Gasteiger partial charge on any atom is 0.375 e. The van der Waals surface area contributed by atoms with Gasteiger partial charge in [0.2, 0.25) is 0 Å². The van der Waals surface area contributed by atoms with Crippen molar-refractivity contribution in [3.63, 3.8) is 0 Å². The number of ether oxygens (including phenoxy) is 2. The molecule has 0 amide bonds. The second kappa shape index (κ2) is 3.90. The standard InChI is InChI=1S/C9H13F2NO4/c10-9(11,7(13)14)6-12-2-1-8(5-12)15-3-4-16-8/h1-6H2,(H,13,14). The van der Waals surface area contributed by atoms with Crippen molar-refractivity contribution >= 4 is 5.97 Å². The number of carbonyl (C=O) groups is 1. The Morgan fingerprint density at radius 1 is 1.44 bits per heavy atom. The summed E-state index contributed by atoms with van der Waals surface area (Å²) in [5, 5.41) is 8.32. The smallest absolute Gasteiger partial charge is 0.375 e. The van der Waals surface area contributed by atoms with Crippen molar-refractivity contribution in [2.45, 2.75) is 18.1 Å². The number of hydrogen-bond acceptors (Lipinski definition) is 4. The van der Waals surface area contributed by atoms with Gasteiger partial charge in [-0.05, 0) is 0 Å². The number of likely N-dealkylation sites (tertiary alicyclic amines) is 1. The molecule has 0 aromatic rings. The number of carboxylic acids is 1. The van der Waals surface area contributed by atoms with E-state index < -0.39 is 24.2 Å². The van der Waals surface area contributed by atoms with E-state index in [4.69, 9.17) is 14.6 Å². The van der Waals surface area contributed by atoms with E-state index in [0.717, 1.165) is 0 Å². The Labute approximate surface area is 90.9 Å². The Bertz CT molecular complexity index is 291. The molecule has 0 radical (unpaired) electrons. The summed E-state index contributed by atoms with van der Waals surface area (Å²) >= 11 is 0. The zero-order valence-electron chi connectivity index (χ0n) is 8.62. The molecule has 1 spiro atoms. The highest BCUT2D eigenvalue weighted by Gasteiger charge is 2.48. The third-order valence-corrected chi connectivity index (χ3v) is 2.82. The van der Waals surface area contributed by atoms with Gasteiger partial charge in [0.25, 0.3) is 0 Å². The second-order valence-electron chi connectivity index (χ2n) is 4.08. The lowest BCUT2D eigenvalue weighted by atomic mass is 10.2. The quantitative estimate of drug-likeness (QED) is 0.757. The third-order valence-electron chi connectivity index (χ3n) is 2.82. The zero-order chi connectivity index (χ0) is 11.8. The van der Waals surface area contributed by atoms with Crippen LogP contribution in [-0.2, 0) is 14.3 Å². The number of nitrogens with zero attached hydrogens (tertiary/aromatic N) is 1. The highest BCUT2D eigenvalue weighted by Crippen LogP contribution is 2.31. The van der Waals surface area contributed by atoms with Gasteiger partial charge in [0.1, 0.15) is 0 Å². The van der Waals surface area contributed by atoms with Crippen LogP contribution in [0.2, 0.25) is 0 Å². The van der Waals surface area contributed by atoms with Gasteiger partial charge in [-0.3, -0.25) is 4.90 Å². The molecule has 5 nitrogen and oxygen atoms in total. The fourth-order valence-electron chi connectivity index (χ4n) is 2.04. The highest BCUT2D eigenvalue weighted by atomic mass is 19.3. The molecular weight excluding hydrogens is 224 g/mol. The lowest BCUT2D eigenvalue weighted by Crippen LogP contribution is -2.43. The molecule has 16 heavy (non-hydrogen) atoms. The molecule has 2 saturated heterocycles. The van der Waals surface area contributed by atoms with Crippen molar-refractivity contribution in [3.05, 3.63) is 0 Å². The molecule has 2 heterocycles. The van der Waals surface area contributed by atoms with E-state index in [1.807, 2.05) is 0 Å². The third kappa shape index (κ3) is 2.16. The van der Waals surface area contributed by atoms with Crippen LogP contribution < -0.4 is 0 Å². The SMILES string of the molecule is O=C(O)C(F)(F)CN1CCC2(C1)OCCO2. The van der Waals surface area contributed by atoms with Crippen LogP contribution in [0.3, 0.4) is 0 Å². The molecule has 0 unspecified atom stereocenters. The molecule has 0 atom stereocenters. The van der Waals surface area contributed by atoms with Crippen molar-refractivity contribution in [2.24, 2.45) is 0 Å². The van der Waals surface area contributed by atoms with Crippen molar-refractivity contribution in [1.29, 1.82) is 0 Å². The molecule has 7 heteroatoms. The normalized spacial score (nSPS) is 25.4. The van der Waals surface area contributed by atoms with E-state index in [1.165, 1.54) is 4.90 Å². The fourth-order valence-corrected chi connectivity index (χ4v) is 2.04. The van der Waals surface area contributed by atoms with Crippen molar-refractivity contribution in [3.8, 4) is 0 Å². The largest absolute Gasteiger partial charge is 0.477 e. The summed E-state index contributed by atoms with van der Waals surface area (Å²) in [5.41, 5.74) is 0. The maximum absolute atomic E-state index is 13.0. The molecule has 2 fully saturated rings. The van der Waals surface area contributed by atoms with Crippen LogP contribution in [0.15, 0.2) is 0 Å². The summed E-state index contributed by atoms with van der Waals surface area (Å²) in [4.78, 5) is 11.6. The van der Waals surface area contributed by atoms with E-state index in [0.29, 0.717) is 26.2 Å². The van der Waals surface area contributed by atoms with Crippen LogP contribution in [-0.4, -0.2) is 60.5 Å². The minimum atomic E-state index is -3.72. The molecule has 0 saturated carbocycles. The summed E-state index contributed by atoms with van der Waals surface area (Å²) in [7, 11) is 0. The molecule has 2 rings (SSSR count). The van der Waals surface area contributed by atoms with Crippen LogP contribution in [0.5, 0.6) is 0 Å². The van der Waals surface area contributed by atoms with Gasteiger partial charge in [-0.2, -0.15) is 8.78 Å². The van der Waals surface area contributed by atoms with Gasteiger partial charge >= 0.3 is 11.9 Å². The van der Waals surface area contributed by atoms with Crippen LogP contribution in [0.25, 0.3) is 0 Å². The lowest BCUT2D eigenvalue weighted by molar-refractivity contribution is -0.170. The van der Waals surface area contributed by atoms with Gasteiger partial charge < -0.3 is 14.6 Å². The summed E-state index contributed by atoms with van der Waals surface area (Å²) in [6, 6.07) is 0. The first-order chi connectivity index (χ1) is 7.44. The Hall–Kier alpha value is -0.790. The second-order valence-corrected chi connectivity index (χ2v) is 4.08. The first-order valence-electron chi connectivity index (χ1n) is 5.05. The minimum absolute atomic E-state index is 0.204.